The molecule has 1 aliphatic rings. The van der Waals surface area contributed by atoms with Gasteiger partial charge in [0, 0.05) is 26.1 Å². The average Bonchev–Trinajstić information content (AvgIpc) is 2.46. The van der Waals surface area contributed by atoms with E-state index in [0.717, 1.165) is 19.1 Å². The topological polar surface area (TPSA) is 27.7 Å². The van der Waals surface area contributed by atoms with Crippen molar-refractivity contribution in [3.8, 4) is 0 Å². The van der Waals surface area contributed by atoms with Gasteiger partial charge in [-0.15, -0.1) is 0 Å². The first-order valence-electron chi connectivity index (χ1n) is 8.84. The van der Waals surface area contributed by atoms with Crippen molar-refractivity contribution in [3.63, 3.8) is 0 Å². The molecule has 0 aromatic rings. The van der Waals surface area contributed by atoms with Crippen LogP contribution >= 0.6 is 0 Å². The lowest BCUT2D eigenvalue weighted by Crippen LogP contribution is -2.40. The highest BCUT2D eigenvalue weighted by atomic mass is 16.7. The van der Waals surface area contributed by atoms with Crippen LogP contribution in [-0.2, 0) is 14.2 Å². The second-order valence-corrected chi connectivity index (χ2v) is 6.66. The van der Waals surface area contributed by atoms with Gasteiger partial charge in [-0.3, -0.25) is 0 Å². The molecule has 1 rings (SSSR count). The maximum Gasteiger partial charge on any atom is 0.167 e. The Morgan fingerprint density at radius 1 is 1.00 bits per heavy atom. The van der Waals surface area contributed by atoms with Crippen molar-refractivity contribution >= 4 is 0 Å². The molecular formula is C18H36O3. The molecule has 126 valence electrons. The van der Waals surface area contributed by atoms with Crippen LogP contribution in [0.25, 0.3) is 0 Å². The van der Waals surface area contributed by atoms with Crippen LogP contribution in [0.15, 0.2) is 0 Å². The summed E-state index contributed by atoms with van der Waals surface area (Å²) in [6, 6.07) is 0. The molecule has 1 unspecified atom stereocenters. The fraction of sp³-hybridized carbons (Fsp3) is 1.00. The van der Waals surface area contributed by atoms with Crippen LogP contribution in [0.3, 0.4) is 0 Å². The summed E-state index contributed by atoms with van der Waals surface area (Å²) in [6.07, 6.45) is 11.7. The van der Waals surface area contributed by atoms with Gasteiger partial charge in [-0.1, -0.05) is 45.4 Å². The van der Waals surface area contributed by atoms with E-state index in [1.165, 1.54) is 57.8 Å². The van der Waals surface area contributed by atoms with E-state index in [0.29, 0.717) is 5.92 Å². The Morgan fingerprint density at radius 3 is 2.14 bits per heavy atom. The molecule has 3 heteroatoms. The predicted molar refractivity (Wildman–Crippen MR) is 87.4 cm³/mol. The van der Waals surface area contributed by atoms with Gasteiger partial charge >= 0.3 is 0 Å². The predicted octanol–water partition coefficient (Wildman–Crippen LogP) is 4.79. The zero-order chi connectivity index (χ0) is 15.6. The van der Waals surface area contributed by atoms with Crippen molar-refractivity contribution < 1.29 is 14.2 Å². The summed E-state index contributed by atoms with van der Waals surface area (Å²) < 4.78 is 16.6. The van der Waals surface area contributed by atoms with Gasteiger partial charge in [-0.05, 0) is 26.2 Å². The zero-order valence-corrected chi connectivity index (χ0v) is 14.7. The number of unbranched alkanes of at least 4 members (excludes halogenated alkanes) is 5. The smallest absolute Gasteiger partial charge is 0.167 e. The van der Waals surface area contributed by atoms with Crippen molar-refractivity contribution in [2.75, 3.05) is 27.4 Å². The third-order valence-corrected chi connectivity index (χ3v) is 5.09. The molecule has 1 fully saturated rings. The summed E-state index contributed by atoms with van der Waals surface area (Å²) in [7, 11) is 3.54. The van der Waals surface area contributed by atoms with Crippen LogP contribution in [0.4, 0.5) is 0 Å². The Balaban J connectivity index is 2.31. The largest absolute Gasteiger partial charge is 0.381 e. The lowest BCUT2D eigenvalue weighted by atomic mass is 9.85. The van der Waals surface area contributed by atoms with Crippen LogP contribution in [0.2, 0.25) is 0 Å². The van der Waals surface area contributed by atoms with Crippen molar-refractivity contribution in [3.05, 3.63) is 0 Å². The van der Waals surface area contributed by atoms with Crippen molar-refractivity contribution in [2.24, 2.45) is 11.8 Å². The second kappa shape index (κ2) is 10.6. The maximum absolute atomic E-state index is 5.68. The second-order valence-electron chi connectivity index (χ2n) is 6.66. The maximum atomic E-state index is 5.68. The summed E-state index contributed by atoms with van der Waals surface area (Å²) >= 11 is 0. The van der Waals surface area contributed by atoms with E-state index in [4.69, 9.17) is 14.2 Å². The lowest BCUT2D eigenvalue weighted by molar-refractivity contribution is -0.231. The van der Waals surface area contributed by atoms with Gasteiger partial charge in [0.1, 0.15) is 0 Å². The monoisotopic (exact) mass is 300 g/mol. The first kappa shape index (κ1) is 18.9. The van der Waals surface area contributed by atoms with Crippen LogP contribution in [0.5, 0.6) is 0 Å². The number of rotatable bonds is 13. The van der Waals surface area contributed by atoms with E-state index in [9.17, 15) is 0 Å². The Kier molecular flexibility index (Phi) is 9.54. The summed E-state index contributed by atoms with van der Waals surface area (Å²) in [5, 5.41) is 0. The van der Waals surface area contributed by atoms with E-state index >= 15 is 0 Å². The van der Waals surface area contributed by atoms with Crippen LogP contribution in [0, 0.1) is 11.8 Å². The fourth-order valence-corrected chi connectivity index (χ4v) is 3.14. The van der Waals surface area contributed by atoms with E-state index in [2.05, 4.69) is 13.8 Å². The molecule has 1 atom stereocenters. The average molecular weight is 300 g/mol. The highest BCUT2D eigenvalue weighted by Gasteiger charge is 2.34. The number of hydrogen-bond acceptors (Lipinski definition) is 3. The van der Waals surface area contributed by atoms with Gasteiger partial charge in [0.2, 0.25) is 0 Å². The molecule has 0 amide bonds. The fourth-order valence-electron chi connectivity index (χ4n) is 3.14. The molecule has 1 saturated heterocycles. The molecule has 0 aromatic carbocycles. The third-order valence-electron chi connectivity index (χ3n) is 5.09. The molecule has 0 bridgehead atoms. The minimum Gasteiger partial charge on any atom is -0.381 e. The van der Waals surface area contributed by atoms with E-state index in [1.807, 2.05) is 0 Å². The first-order valence-corrected chi connectivity index (χ1v) is 8.84. The van der Waals surface area contributed by atoms with Gasteiger partial charge in [-0.25, -0.2) is 0 Å². The molecule has 0 aromatic heterocycles. The zero-order valence-electron chi connectivity index (χ0n) is 14.7. The minimum atomic E-state index is -0.436. The van der Waals surface area contributed by atoms with E-state index < -0.39 is 5.79 Å². The molecule has 21 heavy (non-hydrogen) atoms. The Bertz CT molecular complexity index is 247. The first-order chi connectivity index (χ1) is 10.2. The molecule has 0 radical (unpaired) electrons. The number of ether oxygens (including phenoxy) is 3. The number of hydrogen-bond donors (Lipinski definition) is 0. The molecular weight excluding hydrogens is 264 g/mol. The quantitative estimate of drug-likeness (QED) is 0.361. The molecule has 1 heterocycles. The summed E-state index contributed by atoms with van der Waals surface area (Å²) in [4.78, 5) is 0. The molecule has 0 aliphatic carbocycles. The highest BCUT2D eigenvalue weighted by Crippen LogP contribution is 2.33. The summed E-state index contributed by atoms with van der Waals surface area (Å²) in [5.74, 6) is 0.808. The normalized spacial score (nSPS) is 17.7. The van der Waals surface area contributed by atoms with E-state index in [1.54, 1.807) is 14.2 Å². The van der Waals surface area contributed by atoms with Gasteiger partial charge in [-0.2, -0.15) is 0 Å². The van der Waals surface area contributed by atoms with Gasteiger partial charge < -0.3 is 14.2 Å². The summed E-state index contributed by atoms with van der Waals surface area (Å²) in [5.41, 5.74) is 0. The van der Waals surface area contributed by atoms with Crippen molar-refractivity contribution in [2.45, 2.75) is 77.4 Å². The molecule has 0 N–H and O–H groups in total. The Labute approximate surface area is 131 Å². The standard InChI is InChI=1S/C18H36O3/c1-5-6-7-8-9-10-11-17(18(2,19-3)20-4)13-12-16-14-21-15-16/h16-17H,5-15H2,1-4H3. The third kappa shape index (κ3) is 6.66. The molecule has 3 nitrogen and oxygen atoms in total. The van der Waals surface area contributed by atoms with Crippen molar-refractivity contribution in [1.82, 2.24) is 0 Å². The molecule has 1 aliphatic heterocycles. The molecule has 0 spiro atoms. The Hall–Kier alpha value is -0.120. The van der Waals surface area contributed by atoms with Crippen LogP contribution < -0.4 is 0 Å². The van der Waals surface area contributed by atoms with Crippen LogP contribution in [0.1, 0.15) is 71.6 Å². The van der Waals surface area contributed by atoms with E-state index in [-0.39, 0.29) is 0 Å². The van der Waals surface area contributed by atoms with Crippen molar-refractivity contribution in [1.29, 1.82) is 0 Å². The Morgan fingerprint density at radius 2 is 1.62 bits per heavy atom. The van der Waals surface area contributed by atoms with Crippen LogP contribution in [-0.4, -0.2) is 33.2 Å². The van der Waals surface area contributed by atoms with Gasteiger partial charge in [0.05, 0.1) is 13.2 Å². The minimum absolute atomic E-state index is 0.436. The highest BCUT2D eigenvalue weighted by molar-refractivity contribution is 4.77. The molecule has 0 saturated carbocycles. The van der Waals surface area contributed by atoms with Gasteiger partial charge in [0.15, 0.2) is 5.79 Å². The lowest BCUT2D eigenvalue weighted by Gasteiger charge is -2.37. The van der Waals surface area contributed by atoms with Gasteiger partial charge in [0.25, 0.3) is 0 Å². The SMILES string of the molecule is CCCCCCCCC(CCC1COC1)C(C)(OC)OC. The number of methoxy groups -OCH3 is 2. The summed E-state index contributed by atoms with van der Waals surface area (Å²) in [6.45, 7) is 6.25.